The van der Waals surface area contributed by atoms with Crippen LogP contribution in [-0.4, -0.2) is 24.3 Å². The van der Waals surface area contributed by atoms with E-state index in [9.17, 15) is 4.79 Å². The van der Waals surface area contributed by atoms with E-state index in [0.29, 0.717) is 17.4 Å². The predicted octanol–water partition coefficient (Wildman–Crippen LogP) is 8.60. The molecule has 0 heterocycles. The molecule has 4 fully saturated rings. The first-order valence-corrected chi connectivity index (χ1v) is 16.1. The van der Waals surface area contributed by atoms with E-state index in [1.165, 1.54) is 77.0 Å². The van der Waals surface area contributed by atoms with Crippen LogP contribution in [0.2, 0.25) is 0 Å². The lowest BCUT2D eigenvalue weighted by molar-refractivity contribution is -0.139. The Morgan fingerprint density at radius 2 is 1.68 bits per heavy atom. The molecule has 0 saturated heterocycles. The van der Waals surface area contributed by atoms with Crippen LogP contribution in [0.1, 0.15) is 125 Å². The monoisotopic (exact) mass is 514 g/mol. The molecule has 0 aromatic rings. The van der Waals surface area contributed by atoms with Crippen molar-refractivity contribution in [2.24, 2.45) is 58.2 Å². The number of fused-ring (bicyclic) bond motifs is 5. The van der Waals surface area contributed by atoms with Gasteiger partial charge in [0.25, 0.3) is 0 Å². The Labute approximate surface area is 228 Å². The Bertz CT molecular complexity index is 788. The van der Waals surface area contributed by atoms with Crippen LogP contribution in [0.5, 0.6) is 0 Å². The zero-order valence-corrected chi connectivity index (χ0v) is 24.9. The number of rotatable bonds is 11. The lowest BCUT2D eigenvalue weighted by atomic mass is 9.44. The summed E-state index contributed by atoms with van der Waals surface area (Å²) in [5.74, 6) is 6.82. The summed E-state index contributed by atoms with van der Waals surface area (Å²) in [5, 5.41) is 9.03. The second-order valence-electron chi connectivity index (χ2n) is 14.9. The number of carbonyl (C=O) groups excluding carboxylic acids is 1. The zero-order chi connectivity index (χ0) is 26.8. The van der Waals surface area contributed by atoms with E-state index in [-0.39, 0.29) is 12.2 Å². The Kier molecular flexibility index (Phi) is 9.56. The molecule has 8 unspecified atom stereocenters. The van der Waals surface area contributed by atoms with E-state index in [4.69, 9.17) is 9.84 Å². The van der Waals surface area contributed by atoms with Gasteiger partial charge in [-0.05, 0) is 129 Å². The Morgan fingerprint density at radius 3 is 2.41 bits per heavy atom. The Balaban J connectivity index is 1.30. The summed E-state index contributed by atoms with van der Waals surface area (Å²) in [6, 6.07) is 0. The minimum absolute atomic E-state index is 0.156. The highest BCUT2D eigenvalue weighted by Gasteiger charge is 2.60. The fourth-order valence-corrected chi connectivity index (χ4v) is 10.3. The highest BCUT2D eigenvalue weighted by atomic mass is 16.5. The lowest BCUT2D eigenvalue weighted by Gasteiger charge is -2.61. The van der Waals surface area contributed by atoms with Gasteiger partial charge < -0.3 is 9.84 Å². The molecule has 37 heavy (non-hydrogen) atoms. The smallest absolute Gasteiger partial charge is 0.335 e. The first-order valence-electron chi connectivity index (χ1n) is 16.1. The van der Waals surface area contributed by atoms with Gasteiger partial charge in [-0.25, -0.2) is 4.79 Å². The SMILES string of the molecule is C=C(CO)C(=O)OCCCC1CCC2(C)C(CCC3C2CCC2(C)C3CCC2[C@H](C)CCCC(C)C)C1. The lowest BCUT2D eigenvalue weighted by Crippen LogP contribution is -2.53. The molecule has 9 atom stereocenters. The second-order valence-corrected chi connectivity index (χ2v) is 14.9. The molecule has 4 aliphatic carbocycles. The summed E-state index contributed by atoms with van der Waals surface area (Å²) in [6.07, 6.45) is 19.4. The molecule has 0 radical (unpaired) electrons. The average molecular weight is 515 g/mol. The van der Waals surface area contributed by atoms with Gasteiger partial charge >= 0.3 is 5.97 Å². The van der Waals surface area contributed by atoms with Gasteiger partial charge in [-0.15, -0.1) is 0 Å². The molecule has 1 N–H and O–H groups in total. The molecule has 4 rings (SSSR count). The highest BCUT2D eigenvalue weighted by molar-refractivity contribution is 5.87. The van der Waals surface area contributed by atoms with Crippen molar-refractivity contribution in [2.45, 2.75) is 125 Å². The minimum Gasteiger partial charge on any atom is -0.462 e. The van der Waals surface area contributed by atoms with Gasteiger partial charge in [-0.1, -0.05) is 60.5 Å². The van der Waals surface area contributed by atoms with Crippen LogP contribution in [0.25, 0.3) is 0 Å². The third-order valence-electron chi connectivity index (χ3n) is 12.4. The van der Waals surface area contributed by atoms with Gasteiger partial charge in [0.1, 0.15) is 0 Å². The highest BCUT2D eigenvalue weighted by Crippen LogP contribution is 2.68. The van der Waals surface area contributed by atoms with Crippen molar-refractivity contribution in [2.75, 3.05) is 13.2 Å². The molecule has 212 valence electrons. The molecule has 0 aliphatic heterocycles. The van der Waals surface area contributed by atoms with Crippen LogP contribution in [-0.2, 0) is 9.53 Å². The second kappa shape index (κ2) is 12.1. The van der Waals surface area contributed by atoms with Crippen LogP contribution in [0.4, 0.5) is 0 Å². The zero-order valence-electron chi connectivity index (χ0n) is 24.9. The van der Waals surface area contributed by atoms with Crippen LogP contribution in [0.3, 0.4) is 0 Å². The first kappa shape index (κ1) is 29.2. The maximum absolute atomic E-state index is 11.7. The van der Waals surface area contributed by atoms with E-state index in [1.807, 2.05) is 0 Å². The maximum Gasteiger partial charge on any atom is 0.335 e. The third kappa shape index (κ3) is 6.02. The molecule has 0 aromatic heterocycles. The Morgan fingerprint density at radius 1 is 0.946 bits per heavy atom. The quantitative estimate of drug-likeness (QED) is 0.171. The number of aliphatic hydroxyl groups is 1. The van der Waals surface area contributed by atoms with Crippen LogP contribution < -0.4 is 0 Å². The third-order valence-corrected chi connectivity index (χ3v) is 12.4. The topological polar surface area (TPSA) is 46.5 Å². The standard InChI is InChI=1S/C34H58O3/c1-23(2)9-7-10-24(3)29-14-15-30-28-13-12-27-21-26(11-8-20-37-32(36)25(4)22-35)16-18-33(27,5)31(28)17-19-34(29,30)6/h23-24,26-31,35H,4,7-22H2,1-3,5-6H3/t24-,26?,27?,28?,29?,30?,31?,33?,34?/m1/s1. The predicted molar refractivity (Wildman–Crippen MR) is 153 cm³/mol. The fourth-order valence-electron chi connectivity index (χ4n) is 10.3. The van der Waals surface area contributed by atoms with E-state index < -0.39 is 5.97 Å². The number of ether oxygens (including phenoxy) is 1. The van der Waals surface area contributed by atoms with E-state index >= 15 is 0 Å². The molecular weight excluding hydrogens is 456 g/mol. The van der Waals surface area contributed by atoms with E-state index in [0.717, 1.165) is 60.2 Å². The molecular formula is C34H58O3. The molecule has 3 heteroatoms. The molecule has 3 nitrogen and oxygen atoms in total. The number of esters is 1. The van der Waals surface area contributed by atoms with Gasteiger partial charge in [0.15, 0.2) is 0 Å². The summed E-state index contributed by atoms with van der Waals surface area (Å²) in [6.45, 7) is 16.4. The molecule has 4 aliphatic rings. The van der Waals surface area contributed by atoms with Gasteiger partial charge in [0, 0.05) is 0 Å². The number of hydrogen-bond donors (Lipinski definition) is 1. The molecule has 0 amide bonds. The van der Waals surface area contributed by atoms with E-state index in [2.05, 4.69) is 41.2 Å². The van der Waals surface area contributed by atoms with Crippen molar-refractivity contribution < 1.29 is 14.6 Å². The van der Waals surface area contributed by atoms with Crippen LogP contribution in [0.15, 0.2) is 12.2 Å². The largest absolute Gasteiger partial charge is 0.462 e. The van der Waals surface area contributed by atoms with Crippen molar-refractivity contribution >= 4 is 5.97 Å². The number of hydrogen-bond acceptors (Lipinski definition) is 3. The summed E-state index contributed by atoms with van der Waals surface area (Å²) in [5.41, 5.74) is 1.30. The average Bonchev–Trinajstić information content (AvgIpc) is 3.23. The van der Waals surface area contributed by atoms with Gasteiger partial charge in [0.05, 0.1) is 18.8 Å². The van der Waals surface area contributed by atoms with E-state index in [1.54, 1.807) is 0 Å². The minimum atomic E-state index is -0.444. The van der Waals surface area contributed by atoms with Crippen molar-refractivity contribution in [3.05, 3.63) is 12.2 Å². The summed E-state index contributed by atoms with van der Waals surface area (Å²) in [4.78, 5) is 11.7. The molecule has 0 spiro atoms. The van der Waals surface area contributed by atoms with Crippen molar-refractivity contribution in [1.29, 1.82) is 0 Å². The van der Waals surface area contributed by atoms with Gasteiger partial charge in [-0.3, -0.25) is 0 Å². The van der Waals surface area contributed by atoms with Crippen molar-refractivity contribution in [1.82, 2.24) is 0 Å². The number of aliphatic hydroxyl groups excluding tert-OH is 1. The summed E-state index contributed by atoms with van der Waals surface area (Å²) >= 11 is 0. The van der Waals surface area contributed by atoms with Gasteiger partial charge in [-0.2, -0.15) is 0 Å². The summed E-state index contributed by atoms with van der Waals surface area (Å²) in [7, 11) is 0. The van der Waals surface area contributed by atoms with Crippen LogP contribution in [0, 0.1) is 58.2 Å². The van der Waals surface area contributed by atoms with Gasteiger partial charge in [0.2, 0.25) is 0 Å². The maximum atomic E-state index is 11.7. The molecule has 4 saturated carbocycles. The fraction of sp³-hybridized carbons (Fsp3) is 0.912. The van der Waals surface area contributed by atoms with Crippen molar-refractivity contribution in [3.63, 3.8) is 0 Å². The van der Waals surface area contributed by atoms with Crippen molar-refractivity contribution in [3.8, 4) is 0 Å². The normalized spacial score (nSPS) is 40.0. The Hall–Kier alpha value is -0.830. The molecule has 0 aromatic carbocycles. The first-order chi connectivity index (χ1) is 17.6. The van der Waals surface area contributed by atoms with Crippen LogP contribution >= 0.6 is 0 Å². The summed E-state index contributed by atoms with van der Waals surface area (Å²) < 4.78 is 5.29. The molecule has 0 bridgehead atoms. The number of carbonyl (C=O) groups is 1.